The number of fused-ring (bicyclic) bond motifs is 2. The summed E-state index contributed by atoms with van der Waals surface area (Å²) in [5.74, 6) is 0.826. The second-order valence-corrected chi connectivity index (χ2v) is 9.14. The fourth-order valence-corrected chi connectivity index (χ4v) is 5.42. The Morgan fingerprint density at radius 2 is 1.45 bits per heavy atom. The fraction of sp³-hybridized carbons (Fsp3) is 0.357. The first-order chi connectivity index (χ1) is 15.2. The van der Waals surface area contributed by atoms with Crippen molar-refractivity contribution in [2.75, 3.05) is 0 Å². The molecule has 2 fully saturated rings. The predicted molar refractivity (Wildman–Crippen MR) is 124 cm³/mol. The van der Waals surface area contributed by atoms with Gasteiger partial charge < -0.3 is 9.84 Å². The van der Waals surface area contributed by atoms with Gasteiger partial charge in [-0.2, -0.15) is 0 Å². The number of hydrogen-bond acceptors (Lipinski definition) is 3. The van der Waals surface area contributed by atoms with Crippen LogP contribution in [0, 0.1) is 0 Å². The van der Waals surface area contributed by atoms with Crippen LogP contribution in [-0.4, -0.2) is 22.1 Å². The van der Waals surface area contributed by atoms with Crippen molar-refractivity contribution in [3.63, 3.8) is 0 Å². The first-order valence-electron chi connectivity index (χ1n) is 11.5. The van der Waals surface area contributed by atoms with Crippen LogP contribution < -0.4 is 4.74 Å². The van der Waals surface area contributed by atoms with Crippen molar-refractivity contribution in [2.45, 2.75) is 62.9 Å². The molecule has 3 aromatic rings. The Kier molecular flexibility index (Phi) is 5.80. The van der Waals surface area contributed by atoms with E-state index in [0.29, 0.717) is 18.7 Å². The topological polar surface area (TPSA) is 32.7 Å². The lowest BCUT2D eigenvalue weighted by molar-refractivity contribution is -0.1000. The van der Waals surface area contributed by atoms with Crippen LogP contribution in [0.15, 0.2) is 84.9 Å². The van der Waals surface area contributed by atoms with Gasteiger partial charge in [-0.05, 0) is 54.5 Å². The first kappa shape index (κ1) is 20.3. The number of nitrogens with zero attached hydrogens (tertiary/aromatic N) is 1. The maximum absolute atomic E-state index is 11.8. The lowest BCUT2D eigenvalue weighted by Gasteiger charge is -2.52. The Hall–Kier alpha value is -2.62. The van der Waals surface area contributed by atoms with Crippen LogP contribution in [0.1, 0.15) is 48.8 Å². The van der Waals surface area contributed by atoms with Gasteiger partial charge in [0.25, 0.3) is 0 Å². The van der Waals surface area contributed by atoms with E-state index < -0.39 is 5.60 Å². The smallest absolute Gasteiger partial charge is 0.120 e. The second kappa shape index (κ2) is 8.86. The maximum Gasteiger partial charge on any atom is 0.120 e. The van der Waals surface area contributed by atoms with Crippen LogP contribution in [0.4, 0.5) is 0 Å². The summed E-state index contributed by atoms with van der Waals surface area (Å²) in [5.41, 5.74) is 2.72. The molecule has 0 amide bonds. The Morgan fingerprint density at radius 1 is 0.806 bits per heavy atom. The molecule has 2 saturated heterocycles. The lowest BCUT2D eigenvalue weighted by atomic mass is 9.72. The van der Waals surface area contributed by atoms with Crippen LogP contribution in [0.2, 0.25) is 0 Å². The second-order valence-electron chi connectivity index (χ2n) is 9.14. The Balaban J connectivity index is 1.31. The van der Waals surface area contributed by atoms with Gasteiger partial charge in [-0.3, -0.25) is 4.90 Å². The highest BCUT2D eigenvalue weighted by molar-refractivity contribution is 5.34. The lowest BCUT2D eigenvalue weighted by Crippen LogP contribution is -2.56. The average molecular weight is 414 g/mol. The maximum atomic E-state index is 11.8. The normalized spacial score (nSPS) is 25.8. The number of rotatable bonds is 6. The Morgan fingerprint density at radius 3 is 2.13 bits per heavy atom. The van der Waals surface area contributed by atoms with Crippen LogP contribution in [0.3, 0.4) is 0 Å². The number of piperidine rings is 2. The molecule has 2 heterocycles. The molecule has 0 aromatic heterocycles. The number of aliphatic hydroxyl groups is 1. The van der Waals surface area contributed by atoms with Crippen LogP contribution >= 0.6 is 0 Å². The molecule has 2 atom stereocenters. The van der Waals surface area contributed by atoms with Crippen LogP contribution in [0.25, 0.3) is 0 Å². The van der Waals surface area contributed by atoms with E-state index >= 15 is 0 Å². The molecule has 3 heteroatoms. The molecule has 0 radical (unpaired) electrons. The van der Waals surface area contributed by atoms with Gasteiger partial charge in [0.2, 0.25) is 0 Å². The van der Waals surface area contributed by atoms with Gasteiger partial charge in [0.05, 0.1) is 5.60 Å². The molecule has 0 spiro atoms. The van der Waals surface area contributed by atoms with Gasteiger partial charge in [-0.25, -0.2) is 0 Å². The van der Waals surface area contributed by atoms with Crippen molar-refractivity contribution in [1.82, 2.24) is 4.90 Å². The van der Waals surface area contributed by atoms with Crippen LogP contribution in [0.5, 0.6) is 5.75 Å². The molecule has 3 aromatic carbocycles. The van der Waals surface area contributed by atoms with E-state index in [2.05, 4.69) is 53.4 Å². The highest BCUT2D eigenvalue weighted by Crippen LogP contribution is 2.45. The van der Waals surface area contributed by atoms with E-state index in [1.54, 1.807) is 0 Å². The molecule has 2 bridgehead atoms. The number of benzene rings is 3. The predicted octanol–water partition coefficient (Wildman–Crippen LogP) is 5.67. The zero-order valence-electron chi connectivity index (χ0n) is 18.0. The summed E-state index contributed by atoms with van der Waals surface area (Å²) >= 11 is 0. The van der Waals surface area contributed by atoms with E-state index in [9.17, 15) is 5.11 Å². The van der Waals surface area contributed by atoms with Gasteiger partial charge >= 0.3 is 0 Å². The van der Waals surface area contributed by atoms with Gasteiger partial charge in [-0.15, -0.1) is 0 Å². The molecule has 3 nitrogen and oxygen atoms in total. The quantitative estimate of drug-likeness (QED) is 0.565. The minimum atomic E-state index is -0.783. The van der Waals surface area contributed by atoms with Crippen LogP contribution in [-0.2, 0) is 18.8 Å². The number of ether oxygens (including phenoxy) is 1. The Labute approximate surface area is 185 Å². The van der Waals surface area contributed by atoms with Gasteiger partial charge in [0.1, 0.15) is 12.4 Å². The van der Waals surface area contributed by atoms with E-state index in [4.69, 9.17) is 4.74 Å². The highest BCUT2D eigenvalue weighted by Gasteiger charge is 2.46. The van der Waals surface area contributed by atoms with Crippen molar-refractivity contribution in [2.24, 2.45) is 0 Å². The minimum absolute atomic E-state index is 0.423. The highest BCUT2D eigenvalue weighted by atomic mass is 16.5. The summed E-state index contributed by atoms with van der Waals surface area (Å²) in [6.07, 6.45) is 5.17. The monoisotopic (exact) mass is 413 g/mol. The summed E-state index contributed by atoms with van der Waals surface area (Å²) in [6, 6.07) is 29.9. The van der Waals surface area contributed by atoms with Crippen molar-refractivity contribution >= 4 is 0 Å². The van der Waals surface area contributed by atoms with Crippen molar-refractivity contribution < 1.29 is 9.84 Å². The summed E-state index contributed by atoms with van der Waals surface area (Å²) in [4.78, 5) is 2.64. The molecule has 5 rings (SSSR count). The zero-order valence-corrected chi connectivity index (χ0v) is 18.0. The van der Waals surface area contributed by atoms with E-state index in [0.717, 1.165) is 49.1 Å². The molecule has 0 saturated carbocycles. The molecule has 2 aliphatic heterocycles. The summed E-state index contributed by atoms with van der Waals surface area (Å²) < 4.78 is 6.04. The average Bonchev–Trinajstić information content (AvgIpc) is 2.80. The summed E-state index contributed by atoms with van der Waals surface area (Å²) in [6.45, 7) is 1.52. The molecule has 0 aliphatic carbocycles. The van der Waals surface area contributed by atoms with Crippen molar-refractivity contribution in [3.05, 3.63) is 102 Å². The van der Waals surface area contributed by atoms with E-state index in [-0.39, 0.29) is 0 Å². The molecule has 31 heavy (non-hydrogen) atoms. The van der Waals surface area contributed by atoms with Gasteiger partial charge in [-0.1, -0.05) is 79.2 Å². The minimum Gasteiger partial charge on any atom is -0.489 e. The number of hydrogen-bond donors (Lipinski definition) is 1. The third-order valence-electron chi connectivity index (χ3n) is 6.99. The largest absolute Gasteiger partial charge is 0.489 e. The first-order valence-corrected chi connectivity index (χ1v) is 11.5. The van der Waals surface area contributed by atoms with E-state index in [1.165, 1.54) is 12.0 Å². The summed E-state index contributed by atoms with van der Waals surface area (Å²) in [5, 5.41) is 11.8. The van der Waals surface area contributed by atoms with Gasteiger partial charge in [0.15, 0.2) is 0 Å². The SMILES string of the molecule is OC1(c2cccc(OCc3ccccc3)c2)CC2CCCC(C1)N2Cc1ccccc1. The fourth-order valence-electron chi connectivity index (χ4n) is 5.42. The van der Waals surface area contributed by atoms with Gasteiger partial charge in [0, 0.05) is 18.6 Å². The summed E-state index contributed by atoms with van der Waals surface area (Å²) in [7, 11) is 0. The third-order valence-corrected chi connectivity index (χ3v) is 6.99. The molecule has 1 N–H and O–H groups in total. The molecular formula is C28H31NO2. The third kappa shape index (κ3) is 4.53. The molecule has 2 unspecified atom stereocenters. The van der Waals surface area contributed by atoms with Crippen molar-refractivity contribution in [3.8, 4) is 5.75 Å². The Bertz CT molecular complexity index is 974. The molecule has 2 aliphatic rings. The van der Waals surface area contributed by atoms with Crippen molar-refractivity contribution in [1.29, 1.82) is 0 Å². The zero-order chi connectivity index (χ0) is 21.1. The van der Waals surface area contributed by atoms with E-state index in [1.807, 2.05) is 36.4 Å². The molecular weight excluding hydrogens is 382 g/mol. The standard InChI is InChI=1S/C28H31NO2/c30-28(24-13-7-16-27(17-24)31-21-23-11-5-2-6-12-23)18-25-14-8-15-26(19-28)29(25)20-22-9-3-1-4-10-22/h1-7,9-13,16-17,25-26,30H,8,14-15,18-21H2. The molecule has 160 valence electrons.